The maximum absolute atomic E-state index is 12.6. The summed E-state index contributed by atoms with van der Waals surface area (Å²) in [4.78, 5) is 21.4. The number of hydrogen-bond donors (Lipinski definition) is 1. The van der Waals surface area contributed by atoms with Gasteiger partial charge < -0.3 is 10.5 Å². The average Bonchev–Trinajstić information content (AvgIpc) is 2.96. The SMILES string of the molecule is CC1(C)Cc2ccc(CC(=O)c3ccc(Cl)cn3)cc2C2(COC(N)=N2)C1. The highest BCUT2D eigenvalue weighted by Crippen LogP contribution is 2.48. The number of nitrogens with two attached hydrogens (primary N) is 1. The molecule has 27 heavy (non-hydrogen) atoms. The van der Waals surface area contributed by atoms with Gasteiger partial charge in [0.2, 0.25) is 0 Å². The van der Waals surface area contributed by atoms with E-state index >= 15 is 0 Å². The molecule has 4 rings (SSSR count). The van der Waals surface area contributed by atoms with Crippen molar-refractivity contribution in [3.05, 3.63) is 63.9 Å². The van der Waals surface area contributed by atoms with Crippen LogP contribution in [0.15, 0.2) is 41.5 Å². The van der Waals surface area contributed by atoms with Crippen molar-refractivity contribution in [2.24, 2.45) is 16.1 Å². The Morgan fingerprint density at radius 2 is 2.11 bits per heavy atom. The van der Waals surface area contributed by atoms with Crippen LogP contribution < -0.4 is 5.73 Å². The summed E-state index contributed by atoms with van der Waals surface area (Å²) in [5.41, 5.74) is 9.22. The van der Waals surface area contributed by atoms with E-state index < -0.39 is 5.54 Å². The summed E-state index contributed by atoms with van der Waals surface area (Å²) in [7, 11) is 0. The van der Waals surface area contributed by atoms with Gasteiger partial charge in [-0.15, -0.1) is 0 Å². The number of aromatic nitrogens is 1. The van der Waals surface area contributed by atoms with Crippen LogP contribution in [0, 0.1) is 5.41 Å². The van der Waals surface area contributed by atoms with Gasteiger partial charge in [0.05, 0.1) is 5.02 Å². The van der Waals surface area contributed by atoms with Crippen LogP contribution in [0.5, 0.6) is 0 Å². The molecule has 0 radical (unpaired) electrons. The summed E-state index contributed by atoms with van der Waals surface area (Å²) in [5, 5.41) is 0.515. The predicted molar refractivity (Wildman–Crippen MR) is 105 cm³/mol. The second-order valence-electron chi connectivity index (χ2n) is 8.24. The van der Waals surface area contributed by atoms with Crippen LogP contribution in [0.2, 0.25) is 5.02 Å². The number of Topliss-reactive ketones (excluding diaryl/α,β-unsaturated/α-hetero) is 1. The van der Waals surface area contributed by atoms with E-state index in [4.69, 9.17) is 22.1 Å². The summed E-state index contributed by atoms with van der Waals surface area (Å²) in [6.45, 7) is 4.93. The monoisotopic (exact) mass is 383 g/mol. The molecule has 2 N–H and O–H groups in total. The summed E-state index contributed by atoms with van der Waals surface area (Å²) < 4.78 is 5.54. The van der Waals surface area contributed by atoms with Crippen molar-refractivity contribution in [3.63, 3.8) is 0 Å². The van der Waals surface area contributed by atoms with Crippen molar-refractivity contribution in [1.29, 1.82) is 0 Å². The number of halogens is 1. The number of aliphatic imine (C=N–C) groups is 1. The van der Waals surface area contributed by atoms with Gasteiger partial charge in [0.15, 0.2) is 5.78 Å². The minimum atomic E-state index is -0.460. The molecular formula is C21H22ClN3O2. The smallest absolute Gasteiger partial charge is 0.283 e. The molecule has 1 atom stereocenters. The first-order valence-electron chi connectivity index (χ1n) is 9.02. The maximum atomic E-state index is 12.6. The van der Waals surface area contributed by atoms with Crippen molar-refractivity contribution < 1.29 is 9.53 Å². The van der Waals surface area contributed by atoms with Gasteiger partial charge in [-0.05, 0) is 47.1 Å². The summed E-state index contributed by atoms with van der Waals surface area (Å²) in [6.07, 6.45) is 3.60. The highest BCUT2D eigenvalue weighted by atomic mass is 35.5. The molecule has 1 aromatic heterocycles. The number of amidine groups is 1. The fourth-order valence-corrected chi connectivity index (χ4v) is 4.41. The second kappa shape index (κ2) is 6.34. The molecule has 0 saturated carbocycles. The van der Waals surface area contributed by atoms with Gasteiger partial charge in [0.1, 0.15) is 17.8 Å². The zero-order chi connectivity index (χ0) is 19.2. The maximum Gasteiger partial charge on any atom is 0.283 e. The predicted octanol–water partition coefficient (Wildman–Crippen LogP) is 3.67. The molecule has 0 fully saturated rings. The van der Waals surface area contributed by atoms with E-state index in [9.17, 15) is 4.79 Å². The van der Waals surface area contributed by atoms with Crippen LogP contribution >= 0.6 is 11.6 Å². The minimum Gasteiger partial charge on any atom is -0.462 e. The number of fused-ring (bicyclic) bond motifs is 2. The van der Waals surface area contributed by atoms with Crippen molar-refractivity contribution in [1.82, 2.24) is 4.98 Å². The largest absolute Gasteiger partial charge is 0.462 e. The van der Waals surface area contributed by atoms with E-state index in [-0.39, 0.29) is 23.6 Å². The molecule has 2 aliphatic rings. The molecule has 140 valence electrons. The lowest BCUT2D eigenvalue weighted by atomic mass is 9.65. The number of ketones is 1. The number of nitrogens with zero attached hydrogens (tertiary/aromatic N) is 2. The number of rotatable bonds is 3. The summed E-state index contributed by atoms with van der Waals surface area (Å²) in [6, 6.07) is 9.79. The van der Waals surface area contributed by atoms with Gasteiger partial charge in [-0.1, -0.05) is 43.6 Å². The lowest BCUT2D eigenvalue weighted by Crippen LogP contribution is -2.39. The molecule has 6 heteroatoms. The Labute approximate surface area is 163 Å². The van der Waals surface area contributed by atoms with E-state index in [2.05, 4.69) is 36.0 Å². The lowest BCUT2D eigenvalue weighted by molar-refractivity contribution is 0.0988. The first kappa shape index (κ1) is 18.0. The van der Waals surface area contributed by atoms with Gasteiger partial charge >= 0.3 is 0 Å². The Balaban J connectivity index is 1.67. The highest BCUT2D eigenvalue weighted by molar-refractivity contribution is 6.30. The highest BCUT2D eigenvalue weighted by Gasteiger charge is 2.47. The third-order valence-corrected chi connectivity index (χ3v) is 5.50. The second-order valence-corrected chi connectivity index (χ2v) is 8.68. The molecule has 1 aromatic carbocycles. The molecule has 2 heterocycles. The number of carbonyl (C=O) groups is 1. The molecule has 0 bridgehead atoms. The third-order valence-electron chi connectivity index (χ3n) is 5.28. The van der Waals surface area contributed by atoms with Crippen LogP contribution in [0.4, 0.5) is 0 Å². The van der Waals surface area contributed by atoms with Crippen molar-refractivity contribution >= 4 is 23.4 Å². The molecule has 1 aliphatic carbocycles. The molecule has 1 aliphatic heterocycles. The van der Waals surface area contributed by atoms with Gasteiger partial charge in [0.25, 0.3) is 6.02 Å². The first-order valence-corrected chi connectivity index (χ1v) is 9.39. The standard InChI is InChI=1S/C21H22ClN3O2/c1-20(2)9-14-4-3-13(8-18(26)17-6-5-15(22)10-24-17)7-16(14)21(11-20)12-27-19(23)25-21/h3-7,10H,8-9,11-12H2,1-2H3,(H2,23,25). The molecule has 1 unspecified atom stereocenters. The molecule has 0 amide bonds. The van der Waals surface area contributed by atoms with Crippen LogP contribution in [0.1, 0.15) is 47.4 Å². The number of pyridine rings is 1. The van der Waals surface area contributed by atoms with Crippen LogP contribution in [-0.4, -0.2) is 23.4 Å². The Morgan fingerprint density at radius 3 is 2.78 bits per heavy atom. The third kappa shape index (κ3) is 3.44. The van der Waals surface area contributed by atoms with Crippen molar-refractivity contribution in [2.75, 3.05) is 6.61 Å². The fraction of sp³-hybridized carbons (Fsp3) is 0.381. The molecular weight excluding hydrogens is 362 g/mol. The van der Waals surface area contributed by atoms with E-state index in [0.29, 0.717) is 17.3 Å². The summed E-state index contributed by atoms with van der Waals surface area (Å²) in [5.74, 6) is -0.0394. The van der Waals surface area contributed by atoms with Gasteiger partial charge in [-0.25, -0.2) is 4.99 Å². The summed E-state index contributed by atoms with van der Waals surface area (Å²) >= 11 is 5.85. The Hall–Kier alpha value is -2.40. The zero-order valence-corrected chi connectivity index (χ0v) is 16.2. The van der Waals surface area contributed by atoms with Crippen molar-refractivity contribution in [3.8, 4) is 0 Å². The van der Waals surface area contributed by atoms with E-state index in [1.54, 1.807) is 12.1 Å². The van der Waals surface area contributed by atoms with Crippen LogP contribution in [0.3, 0.4) is 0 Å². The normalized spacial score (nSPS) is 22.9. The van der Waals surface area contributed by atoms with Crippen LogP contribution in [0.25, 0.3) is 0 Å². The topological polar surface area (TPSA) is 77.6 Å². The van der Waals surface area contributed by atoms with Gasteiger partial charge in [0, 0.05) is 12.6 Å². The van der Waals surface area contributed by atoms with E-state index in [1.165, 1.54) is 11.8 Å². The number of carbonyl (C=O) groups excluding carboxylic acids is 1. The van der Waals surface area contributed by atoms with Gasteiger partial charge in [-0.2, -0.15) is 0 Å². The molecule has 1 spiro atoms. The lowest BCUT2D eigenvalue weighted by Gasteiger charge is -2.41. The van der Waals surface area contributed by atoms with Crippen LogP contribution in [-0.2, 0) is 23.1 Å². The first-order chi connectivity index (χ1) is 12.8. The number of ether oxygens (including phenoxy) is 1. The number of hydrogen-bond acceptors (Lipinski definition) is 5. The Kier molecular flexibility index (Phi) is 4.22. The molecule has 5 nitrogen and oxygen atoms in total. The van der Waals surface area contributed by atoms with Crippen molar-refractivity contribution in [2.45, 2.75) is 38.6 Å². The molecule has 2 aromatic rings. The van der Waals surface area contributed by atoms with E-state index in [1.807, 2.05) is 6.07 Å². The fourth-order valence-electron chi connectivity index (χ4n) is 4.30. The van der Waals surface area contributed by atoms with E-state index in [0.717, 1.165) is 24.0 Å². The quantitative estimate of drug-likeness (QED) is 0.820. The Bertz CT molecular complexity index is 937. The minimum absolute atomic E-state index is 0.0394. The zero-order valence-electron chi connectivity index (χ0n) is 15.5. The number of benzene rings is 1. The Morgan fingerprint density at radius 1 is 1.30 bits per heavy atom. The average molecular weight is 384 g/mol. The molecule has 0 saturated heterocycles. The van der Waals surface area contributed by atoms with Gasteiger partial charge in [-0.3, -0.25) is 9.78 Å².